The molecular weight excluding hydrogens is 376 g/mol. The molecule has 0 aliphatic carbocycles. The number of hydrogen-bond acceptors (Lipinski definition) is 2. The van der Waals surface area contributed by atoms with Crippen LogP contribution in [0.2, 0.25) is 0 Å². The van der Waals surface area contributed by atoms with Crippen LogP contribution >= 0.6 is 35.0 Å². The summed E-state index contributed by atoms with van der Waals surface area (Å²) < 4.78 is 26.8. The molecule has 1 heterocycles. The van der Waals surface area contributed by atoms with Crippen molar-refractivity contribution >= 4 is 40.9 Å². The zero-order chi connectivity index (χ0) is 12.6. The molecule has 2 rings (SSSR count). The molecule has 1 aromatic carbocycles. The topological polar surface area (TPSA) is 46.3 Å². The first-order valence-corrected chi connectivity index (χ1v) is 6.26. The third-order valence-electron chi connectivity index (χ3n) is 2.75. The summed E-state index contributed by atoms with van der Waals surface area (Å²) in [5.74, 6) is -1.90. The third kappa shape index (κ3) is 3.10. The van der Waals surface area contributed by atoms with Crippen LogP contribution in [0.25, 0.3) is 0 Å². The Labute approximate surface area is 123 Å². The van der Waals surface area contributed by atoms with Crippen LogP contribution in [-0.2, 0) is 0 Å². The van der Waals surface area contributed by atoms with Crippen molar-refractivity contribution in [1.29, 1.82) is 0 Å². The van der Waals surface area contributed by atoms with E-state index in [-0.39, 0.29) is 27.6 Å². The summed E-state index contributed by atoms with van der Waals surface area (Å²) in [7, 11) is 0. The summed E-state index contributed by atoms with van der Waals surface area (Å²) in [5.41, 5.74) is 5.59. The van der Waals surface area contributed by atoms with Crippen molar-refractivity contribution < 1.29 is 13.6 Å². The summed E-state index contributed by atoms with van der Waals surface area (Å²) in [6.45, 7) is 0.944. The molecule has 1 aliphatic heterocycles. The van der Waals surface area contributed by atoms with Crippen LogP contribution in [0.5, 0.6) is 0 Å². The monoisotopic (exact) mass is 388 g/mol. The highest BCUT2D eigenvalue weighted by Crippen LogP contribution is 2.20. The average molecular weight is 389 g/mol. The normalized spacial score (nSPS) is 18.7. The lowest BCUT2D eigenvalue weighted by atomic mass is 10.2. The molecule has 1 aliphatic rings. The molecule has 1 unspecified atom stereocenters. The van der Waals surface area contributed by atoms with Crippen LogP contribution in [0.15, 0.2) is 12.1 Å². The summed E-state index contributed by atoms with van der Waals surface area (Å²) >= 11 is 1.73. The van der Waals surface area contributed by atoms with Crippen molar-refractivity contribution in [2.45, 2.75) is 12.5 Å². The van der Waals surface area contributed by atoms with E-state index in [1.165, 1.54) is 11.0 Å². The van der Waals surface area contributed by atoms with Crippen LogP contribution in [-0.4, -0.2) is 29.9 Å². The molecule has 1 atom stereocenters. The van der Waals surface area contributed by atoms with E-state index >= 15 is 0 Å². The fourth-order valence-corrected chi connectivity index (χ4v) is 2.30. The number of amides is 1. The number of nitrogens with zero attached hydrogens (tertiary/aromatic N) is 1. The van der Waals surface area contributed by atoms with Gasteiger partial charge in [0.25, 0.3) is 5.91 Å². The quantitative estimate of drug-likeness (QED) is 0.592. The SMILES string of the molecule is Cl.NC1CCN(C(=O)c2cc(I)c(F)cc2F)C1. The number of nitrogens with two attached hydrogens (primary N) is 1. The van der Waals surface area contributed by atoms with E-state index < -0.39 is 17.5 Å². The van der Waals surface area contributed by atoms with Crippen LogP contribution in [0.4, 0.5) is 8.78 Å². The Morgan fingerprint density at radius 3 is 2.61 bits per heavy atom. The molecule has 0 aromatic heterocycles. The number of rotatable bonds is 1. The first-order chi connectivity index (χ1) is 7.99. The lowest BCUT2D eigenvalue weighted by Gasteiger charge is -2.16. The van der Waals surface area contributed by atoms with Crippen molar-refractivity contribution in [3.05, 3.63) is 32.9 Å². The lowest BCUT2D eigenvalue weighted by molar-refractivity contribution is 0.0786. The zero-order valence-electron chi connectivity index (χ0n) is 9.33. The Kier molecular flexibility index (Phi) is 5.30. The van der Waals surface area contributed by atoms with E-state index in [1.807, 2.05) is 0 Å². The summed E-state index contributed by atoms with van der Waals surface area (Å²) in [5, 5.41) is 0. The molecule has 1 aromatic rings. The van der Waals surface area contributed by atoms with Gasteiger partial charge in [-0.05, 0) is 35.1 Å². The fraction of sp³-hybridized carbons (Fsp3) is 0.364. The van der Waals surface area contributed by atoms with E-state index in [0.29, 0.717) is 19.5 Å². The van der Waals surface area contributed by atoms with Gasteiger partial charge in [-0.15, -0.1) is 12.4 Å². The van der Waals surface area contributed by atoms with E-state index in [2.05, 4.69) is 0 Å². The maximum atomic E-state index is 13.5. The van der Waals surface area contributed by atoms with Gasteiger partial charge in [0.2, 0.25) is 0 Å². The maximum Gasteiger partial charge on any atom is 0.256 e. The van der Waals surface area contributed by atoms with Crippen molar-refractivity contribution in [1.82, 2.24) is 4.90 Å². The van der Waals surface area contributed by atoms with Gasteiger partial charge >= 0.3 is 0 Å². The smallest absolute Gasteiger partial charge is 0.256 e. The van der Waals surface area contributed by atoms with Crippen molar-refractivity contribution in [3.8, 4) is 0 Å². The molecule has 0 spiro atoms. The fourth-order valence-electron chi connectivity index (χ4n) is 1.83. The third-order valence-corrected chi connectivity index (χ3v) is 3.58. The van der Waals surface area contributed by atoms with Crippen LogP contribution in [0.3, 0.4) is 0 Å². The van der Waals surface area contributed by atoms with Crippen LogP contribution < -0.4 is 5.73 Å². The highest BCUT2D eigenvalue weighted by Gasteiger charge is 2.26. The van der Waals surface area contributed by atoms with Gasteiger partial charge in [0.1, 0.15) is 11.6 Å². The minimum absolute atomic E-state index is 0. The number of halogens is 4. The molecule has 18 heavy (non-hydrogen) atoms. The predicted molar refractivity (Wildman–Crippen MR) is 74.8 cm³/mol. The zero-order valence-corrected chi connectivity index (χ0v) is 12.3. The molecule has 0 bridgehead atoms. The Morgan fingerprint density at radius 2 is 2.06 bits per heavy atom. The van der Waals surface area contributed by atoms with Gasteiger partial charge in [-0.2, -0.15) is 0 Å². The molecule has 1 saturated heterocycles. The van der Waals surface area contributed by atoms with Gasteiger partial charge in [-0.25, -0.2) is 8.78 Å². The van der Waals surface area contributed by atoms with Crippen LogP contribution in [0.1, 0.15) is 16.8 Å². The number of carbonyl (C=O) groups is 1. The van der Waals surface area contributed by atoms with Gasteiger partial charge in [0.15, 0.2) is 0 Å². The van der Waals surface area contributed by atoms with Gasteiger partial charge in [-0.1, -0.05) is 0 Å². The van der Waals surface area contributed by atoms with E-state index in [4.69, 9.17) is 5.73 Å². The standard InChI is InChI=1S/C11H11F2IN2O.ClH/c12-8-4-9(13)10(14)3-7(8)11(17)16-2-1-6(15)5-16;/h3-4,6H,1-2,5,15H2;1H. The highest BCUT2D eigenvalue weighted by molar-refractivity contribution is 14.1. The molecule has 0 radical (unpaired) electrons. The van der Waals surface area contributed by atoms with E-state index in [0.717, 1.165) is 6.07 Å². The molecule has 1 amide bonds. The molecule has 0 saturated carbocycles. The Hall–Kier alpha value is -0.470. The largest absolute Gasteiger partial charge is 0.337 e. The second-order valence-electron chi connectivity index (χ2n) is 4.05. The molecule has 2 N–H and O–H groups in total. The van der Waals surface area contributed by atoms with Gasteiger partial charge in [-0.3, -0.25) is 4.79 Å². The van der Waals surface area contributed by atoms with Crippen molar-refractivity contribution in [2.24, 2.45) is 5.73 Å². The number of carbonyl (C=O) groups excluding carboxylic acids is 1. The summed E-state index contributed by atoms with van der Waals surface area (Å²) in [6, 6.07) is 1.92. The van der Waals surface area contributed by atoms with E-state index in [1.54, 1.807) is 22.6 Å². The number of likely N-dealkylation sites (tertiary alicyclic amines) is 1. The second-order valence-corrected chi connectivity index (χ2v) is 5.21. The molecule has 3 nitrogen and oxygen atoms in total. The Bertz CT molecular complexity index is 473. The lowest BCUT2D eigenvalue weighted by Crippen LogP contribution is -2.32. The first kappa shape index (κ1) is 15.6. The minimum Gasteiger partial charge on any atom is -0.337 e. The minimum atomic E-state index is -0.826. The Morgan fingerprint density at radius 1 is 1.39 bits per heavy atom. The van der Waals surface area contributed by atoms with Gasteiger partial charge in [0, 0.05) is 28.8 Å². The second kappa shape index (κ2) is 6.12. The highest BCUT2D eigenvalue weighted by atomic mass is 127. The van der Waals surface area contributed by atoms with Gasteiger partial charge in [0.05, 0.1) is 5.56 Å². The number of benzene rings is 1. The Balaban J connectivity index is 0.00000162. The maximum absolute atomic E-state index is 13.5. The molecule has 100 valence electrons. The van der Waals surface area contributed by atoms with E-state index in [9.17, 15) is 13.6 Å². The summed E-state index contributed by atoms with van der Waals surface area (Å²) in [6.07, 6.45) is 0.714. The predicted octanol–water partition coefficient (Wildman–Crippen LogP) is 2.16. The molecular formula is C11H12ClF2IN2O. The van der Waals surface area contributed by atoms with Gasteiger partial charge < -0.3 is 10.6 Å². The first-order valence-electron chi connectivity index (χ1n) is 5.18. The van der Waals surface area contributed by atoms with Crippen LogP contribution in [0, 0.1) is 15.2 Å². The van der Waals surface area contributed by atoms with Crippen molar-refractivity contribution in [2.75, 3.05) is 13.1 Å². The molecule has 1 fully saturated rings. The molecule has 7 heteroatoms. The average Bonchev–Trinajstić information content (AvgIpc) is 2.69. The number of hydrogen-bond donors (Lipinski definition) is 1. The summed E-state index contributed by atoms with van der Waals surface area (Å²) in [4.78, 5) is 13.5. The van der Waals surface area contributed by atoms with Crippen molar-refractivity contribution in [3.63, 3.8) is 0 Å².